The molecule has 0 bridgehead atoms. The number of nitrogens with one attached hydrogen (secondary N) is 1. The molecule has 1 N–H and O–H groups in total. The number of aromatic nitrogens is 2. The minimum Gasteiger partial charge on any atom is -0.376 e. The number of aryl methyl sites for hydroxylation is 1. The second kappa shape index (κ2) is 4.91. The quantitative estimate of drug-likeness (QED) is 0.879. The van der Waals surface area contributed by atoms with E-state index in [1.807, 2.05) is 13.8 Å². The standard InChI is InChI=1S/C13H18N4O/c1-9-10(2)16-17-12(11(9)7-14)15-8-13(18-3)5-4-6-13/h4-6,8H2,1-3H3,(H,15,17). The minimum atomic E-state index is -0.0901. The van der Waals surface area contributed by atoms with Crippen LogP contribution in [0.2, 0.25) is 0 Å². The lowest BCUT2D eigenvalue weighted by molar-refractivity contribution is -0.0601. The van der Waals surface area contributed by atoms with Crippen molar-refractivity contribution in [3.8, 4) is 6.07 Å². The molecule has 0 spiro atoms. The van der Waals surface area contributed by atoms with Gasteiger partial charge in [-0.05, 0) is 38.7 Å². The molecule has 0 saturated heterocycles. The highest BCUT2D eigenvalue weighted by Gasteiger charge is 2.37. The average molecular weight is 246 g/mol. The molecule has 1 aliphatic rings. The molecule has 1 aromatic heterocycles. The molecular weight excluding hydrogens is 228 g/mol. The monoisotopic (exact) mass is 246 g/mol. The van der Waals surface area contributed by atoms with E-state index < -0.39 is 0 Å². The first-order chi connectivity index (χ1) is 8.62. The van der Waals surface area contributed by atoms with Crippen LogP contribution in [0, 0.1) is 25.2 Å². The molecule has 1 aromatic rings. The minimum absolute atomic E-state index is 0.0901. The Balaban J connectivity index is 2.15. The fraction of sp³-hybridized carbons (Fsp3) is 0.615. The lowest BCUT2D eigenvalue weighted by Gasteiger charge is -2.40. The van der Waals surface area contributed by atoms with Gasteiger partial charge in [0.1, 0.15) is 11.6 Å². The van der Waals surface area contributed by atoms with E-state index in [-0.39, 0.29) is 5.60 Å². The molecule has 1 saturated carbocycles. The molecule has 0 radical (unpaired) electrons. The molecule has 1 heterocycles. The van der Waals surface area contributed by atoms with E-state index >= 15 is 0 Å². The number of rotatable bonds is 4. The number of hydrogen-bond acceptors (Lipinski definition) is 5. The maximum Gasteiger partial charge on any atom is 0.167 e. The van der Waals surface area contributed by atoms with Gasteiger partial charge in [0.05, 0.1) is 11.3 Å². The third kappa shape index (κ3) is 2.16. The Morgan fingerprint density at radius 2 is 2.11 bits per heavy atom. The van der Waals surface area contributed by atoms with Gasteiger partial charge in [-0.15, -0.1) is 5.10 Å². The van der Waals surface area contributed by atoms with Crippen LogP contribution in [0.3, 0.4) is 0 Å². The van der Waals surface area contributed by atoms with Crippen LogP contribution in [-0.2, 0) is 4.74 Å². The van der Waals surface area contributed by atoms with E-state index in [0.717, 1.165) is 24.1 Å². The predicted molar refractivity (Wildman–Crippen MR) is 68.3 cm³/mol. The van der Waals surface area contributed by atoms with Crippen LogP contribution in [0.15, 0.2) is 0 Å². The first-order valence-corrected chi connectivity index (χ1v) is 6.15. The van der Waals surface area contributed by atoms with Crippen molar-refractivity contribution in [3.63, 3.8) is 0 Å². The molecule has 96 valence electrons. The van der Waals surface area contributed by atoms with Crippen LogP contribution < -0.4 is 5.32 Å². The number of nitriles is 1. The lowest BCUT2D eigenvalue weighted by Crippen LogP contribution is -2.45. The molecule has 1 fully saturated rings. The second-order valence-electron chi connectivity index (χ2n) is 4.84. The number of ether oxygens (including phenoxy) is 1. The van der Waals surface area contributed by atoms with Crippen molar-refractivity contribution >= 4 is 5.82 Å². The van der Waals surface area contributed by atoms with E-state index in [9.17, 15) is 5.26 Å². The van der Waals surface area contributed by atoms with E-state index in [1.165, 1.54) is 6.42 Å². The SMILES string of the molecule is COC1(CNc2nnc(C)c(C)c2C#N)CCC1. The summed E-state index contributed by atoms with van der Waals surface area (Å²) in [5.74, 6) is 0.559. The van der Waals surface area contributed by atoms with Gasteiger partial charge in [-0.3, -0.25) is 0 Å². The summed E-state index contributed by atoms with van der Waals surface area (Å²) in [5.41, 5.74) is 2.16. The van der Waals surface area contributed by atoms with E-state index in [2.05, 4.69) is 21.6 Å². The number of methoxy groups -OCH3 is 1. The smallest absolute Gasteiger partial charge is 0.167 e. The third-order valence-electron chi connectivity index (χ3n) is 3.84. The van der Waals surface area contributed by atoms with Gasteiger partial charge < -0.3 is 10.1 Å². The molecule has 0 amide bonds. The van der Waals surface area contributed by atoms with Crippen molar-refractivity contribution in [1.82, 2.24) is 10.2 Å². The average Bonchev–Trinajstić information content (AvgIpc) is 2.33. The zero-order chi connectivity index (χ0) is 13.2. The molecule has 18 heavy (non-hydrogen) atoms. The predicted octanol–water partition coefficient (Wildman–Crippen LogP) is 1.95. The largest absolute Gasteiger partial charge is 0.376 e. The molecule has 0 aliphatic heterocycles. The highest BCUT2D eigenvalue weighted by Crippen LogP contribution is 2.35. The normalized spacial score (nSPS) is 16.8. The summed E-state index contributed by atoms with van der Waals surface area (Å²) in [5, 5.41) is 20.5. The van der Waals surface area contributed by atoms with Crippen molar-refractivity contribution in [2.24, 2.45) is 0 Å². The van der Waals surface area contributed by atoms with Gasteiger partial charge in [0.2, 0.25) is 0 Å². The summed E-state index contributed by atoms with van der Waals surface area (Å²) in [6.45, 7) is 4.42. The molecular formula is C13H18N4O. The first-order valence-electron chi connectivity index (χ1n) is 6.15. The van der Waals surface area contributed by atoms with Crippen LogP contribution in [0.25, 0.3) is 0 Å². The Hall–Kier alpha value is -1.67. The number of hydrogen-bond donors (Lipinski definition) is 1. The van der Waals surface area contributed by atoms with Crippen LogP contribution in [0.4, 0.5) is 5.82 Å². The second-order valence-corrected chi connectivity index (χ2v) is 4.84. The molecule has 5 nitrogen and oxygen atoms in total. The molecule has 1 aliphatic carbocycles. The first kappa shape index (κ1) is 12.8. The van der Waals surface area contributed by atoms with Gasteiger partial charge in [0.15, 0.2) is 5.82 Å². The zero-order valence-corrected chi connectivity index (χ0v) is 11.1. The summed E-state index contributed by atoms with van der Waals surface area (Å²) >= 11 is 0. The Kier molecular flexibility index (Phi) is 3.48. The Labute approximate surface area is 107 Å². The van der Waals surface area contributed by atoms with E-state index in [4.69, 9.17) is 4.74 Å². The highest BCUT2D eigenvalue weighted by atomic mass is 16.5. The number of anilines is 1. The lowest BCUT2D eigenvalue weighted by atomic mass is 9.80. The van der Waals surface area contributed by atoms with Gasteiger partial charge in [-0.2, -0.15) is 10.4 Å². The number of nitrogens with zero attached hydrogens (tertiary/aromatic N) is 3. The Bertz CT molecular complexity index is 483. The maximum atomic E-state index is 9.19. The summed E-state index contributed by atoms with van der Waals surface area (Å²) in [6, 6.07) is 2.19. The molecule has 5 heteroatoms. The molecule has 2 rings (SSSR count). The summed E-state index contributed by atoms with van der Waals surface area (Å²) in [7, 11) is 1.73. The summed E-state index contributed by atoms with van der Waals surface area (Å²) in [6.07, 6.45) is 3.30. The van der Waals surface area contributed by atoms with Gasteiger partial charge in [0, 0.05) is 13.7 Å². The van der Waals surface area contributed by atoms with E-state index in [0.29, 0.717) is 17.9 Å². The van der Waals surface area contributed by atoms with Crippen LogP contribution in [0.5, 0.6) is 0 Å². The van der Waals surface area contributed by atoms with Crippen LogP contribution in [-0.4, -0.2) is 29.5 Å². The fourth-order valence-corrected chi connectivity index (χ4v) is 2.14. The third-order valence-corrected chi connectivity index (χ3v) is 3.84. The zero-order valence-electron chi connectivity index (χ0n) is 11.1. The van der Waals surface area contributed by atoms with Gasteiger partial charge in [0.25, 0.3) is 0 Å². The molecule has 0 atom stereocenters. The Morgan fingerprint density at radius 3 is 2.61 bits per heavy atom. The van der Waals surface area contributed by atoms with Gasteiger partial charge in [-0.1, -0.05) is 0 Å². The Morgan fingerprint density at radius 1 is 1.39 bits per heavy atom. The van der Waals surface area contributed by atoms with Gasteiger partial charge in [-0.25, -0.2) is 0 Å². The van der Waals surface area contributed by atoms with Crippen LogP contribution in [0.1, 0.15) is 36.1 Å². The molecule has 0 aromatic carbocycles. The van der Waals surface area contributed by atoms with Crippen molar-refractivity contribution in [2.45, 2.75) is 38.7 Å². The fourth-order valence-electron chi connectivity index (χ4n) is 2.14. The maximum absolute atomic E-state index is 9.19. The van der Waals surface area contributed by atoms with Crippen molar-refractivity contribution in [2.75, 3.05) is 19.0 Å². The van der Waals surface area contributed by atoms with Crippen molar-refractivity contribution in [3.05, 3.63) is 16.8 Å². The van der Waals surface area contributed by atoms with Crippen molar-refractivity contribution in [1.29, 1.82) is 5.26 Å². The van der Waals surface area contributed by atoms with Crippen LogP contribution >= 0.6 is 0 Å². The van der Waals surface area contributed by atoms with Crippen molar-refractivity contribution < 1.29 is 4.74 Å². The van der Waals surface area contributed by atoms with Gasteiger partial charge >= 0.3 is 0 Å². The topological polar surface area (TPSA) is 70.8 Å². The molecule has 0 unspecified atom stereocenters. The summed E-state index contributed by atoms with van der Waals surface area (Å²) < 4.78 is 5.53. The van der Waals surface area contributed by atoms with E-state index in [1.54, 1.807) is 7.11 Å². The summed E-state index contributed by atoms with van der Waals surface area (Å²) in [4.78, 5) is 0. The highest BCUT2D eigenvalue weighted by molar-refractivity contribution is 5.55.